The van der Waals surface area contributed by atoms with Crippen LogP contribution in [0.3, 0.4) is 0 Å². The number of hydrogen-bond acceptors (Lipinski definition) is 4. The van der Waals surface area contributed by atoms with Crippen LogP contribution in [-0.2, 0) is 0 Å². The first-order valence-corrected chi connectivity index (χ1v) is 5.73. The van der Waals surface area contributed by atoms with E-state index in [0.717, 1.165) is 17.1 Å². The van der Waals surface area contributed by atoms with Gasteiger partial charge in [0, 0.05) is 11.1 Å². The Morgan fingerprint density at radius 2 is 2.27 bits per heavy atom. The summed E-state index contributed by atoms with van der Waals surface area (Å²) in [5.74, 6) is 0. The van der Waals surface area contributed by atoms with Crippen LogP contribution in [0.15, 0.2) is 11.7 Å². The molecule has 0 saturated carbocycles. The fourth-order valence-electron chi connectivity index (χ4n) is 1.49. The summed E-state index contributed by atoms with van der Waals surface area (Å²) in [4.78, 5) is 5.30. The van der Waals surface area contributed by atoms with Crippen LogP contribution in [0, 0.1) is 13.8 Å². The Hall–Kier alpha value is -1.36. The highest BCUT2D eigenvalue weighted by atomic mass is 32.1. The summed E-state index contributed by atoms with van der Waals surface area (Å²) in [6.45, 7) is 6.13. The first kappa shape index (κ1) is 10.2. The molecular weight excluding hydrogens is 208 g/mol. The van der Waals surface area contributed by atoms with Gasteiger partial charge in [0.1, 0.15) is 0 Å². The number of aromatic amines is 1. The van der Waals surface area contributed by atoms with E-state index in [2.05, 4.69) is 27.4 Å². The molecule has 0 spiro atoms. The number of nitrogens with one attached hydrogen (secondary N) is 2. The number of rotatable bonds is 3. The largest absolute Gasteiger partial charge is 0.375 e. The number of hydrogen-bond donors (Lipinski definition) is 2. The van der Waals surface area contributed by atoms with Crippen molar-refractivity contribution in [3.8, 4) is 0 Å². The Labute approximate surface area is 92.8 Å². The molecule has 15 heavy (non-hydrogen) atoms. The van der Waals surface area contributed by atoms with E-state index in [1.165, 1.54) is 4.88 Å². The lowest BCUT2D eigenvalue weighted by atomic mass is 10.2. The van der Waals surface area contributed by atoms with Crippen molar-refractivity contribution in [1.82, 2.24) is 15.2 Å². The van der Waals surface area contributed by atoms with E-state index in [0.29, 0.717) is 0 Å². The van der Waals surface area contributed by atoms with E-state index in [-0.39, 0.29) is 6.04 Å². The summed E-state index contributed by atoms with van der Waals surface area (Å²) in [5, 5.41) is 10.6. The standard InChI is InChI=1S/C10H14N4S/c1-6(9-4-11-5-15-9)12-10-7(2)13-14-8(10)3/h4-6,12H,1-3H3,(H,13,14). The number of aromatic nitrogens is 3. The van der Waals surface area contributed by atoms with Gasteiger partial charge in [-0.25, -0.2) is 0 Å². The smallest absolute Gasteiger partial charge is 0.0825 e. The lowest BCUT2D eigenvalue weighted by molar-refractivity contribution is 0.899. The number of nitrogens with zero attached hydrogens (tertiary/aromatic N) is 2. The van der Waals surface area contributed by atoms with E-state index in [4.69, 9.17) is 0 Å². The van der Waals surface area contributed by atoms with Crippen LogP contribution in [0.25, 0.3) is 0 Å². The molecule has 2 aromatic heterocycles. The molecule has 5 heteroatoms. The lowest BCUT2D eigenvalue weighted by Crippen LogP contribution is -2.06. The molecule has 2 N–H and O–H groups in total. The van der Waals surface area contributed by atoms with E-state index in [1.54, 1.807) is 11.3 Å². The second-order valence-corrected chi connectivity index (χ2v) is 4.50. The molecule has 1 atom stereocenters. The topological polar surface area (TPSA) is 53.6 Å². The maximum atomic E-state index is 4.15. The molecule has 80 valence electrons. The van der Waals surface area contributed by atoms with Crippen LogP contribution < -0.4 is 5.32 Å². The molecule has 2 heterocycles. The van der Waals surface area contributed by atoms with Crippen molar-refractivity contribution in [2.75, 3.05) is 5.32 Å². The van der Waals surface area contributed by atoms with Crippen molar-refractivity contribution in [3.63, 3.8) is 0 Å². The minimum Gasteiger partial charge on any atom is -0.375 e. The van der Waals surface area contributed by atoms with Gasteiger partial charge in [-0.05, 0) is 20.8 Å². The molecular formula is C10H14N4S. The normalized spacial score (nSPS) is 12.7. The zero-order chi connectivity index (χ0) is 10.8. The maximum Gasteiger partial charge on any atom is 0.0825 e. The number of aryl methyl sites for hydroxylation is 2. The molecule has 0 bridgehead atoms. The zero-order valence-electron chi connectivity index (χ0n) is 9.03. The third kappa shape index (κ3) is 2.02. The molecule has 0 fully saturated rings. The highest BCUT2D eigenvalue weighted by Crippen LogP contribution is 2.25. The minimum absolute atomic E-state index is 0.271. The molecule has 0 amide bonds. The molecule has 0 aliphatic heterocycles. The Bertz CT molecular complexity index is 413. The van der Waals surface area contributed by atoms with Gasteiger partial charge in [0.15, 0.2) is 0 Å². The van der Waals surface area contributed by atoms with Crippen molar-refractivity contribution in [2.24, 2.45) is 0 Å². The summed E-state index contributed by atoms with van der Waals surface area (Å²) in [6.07, 6.45) is 1.90. The average Bonchev–Trinajstić information content (AvgIpc) is 2.82. The van der Waals surface area contributed by atoms with Crippen LogP contribution in [0.5, 0.6) is 0 Å². The molecule has 0 radical (unpaired) electrons. The molecule has 1 unspecified atom stereocenters. The summed E-state index contributed by atoms with van der Waals surface area (Å²) in [6, 6.07) is 0.271. The van der Waals surface area contributed by atoms with E-state index in [9.17, 15) is 0 Å². The fourth-order valence-corrected chi connectivity index (χ4v) is 2.12. The summed E-state index contributed by atoms with van der Waals surface area (Å²) >= 11 is 1.66. The van der Waals surface area contributed by atoms with E-state index >= 15 is 0 Å². The van der Waals surface area contributed by atoms with Crippen molar-refractivity contribution in [3.05, 3.63) is 28.0 Å². The quantitative estimate of drug-likeness (QED) is 0.839. The van der Waals surface area contributed by atoms with E-state index in [1.807, 2.05) is 25.6 Å². The van der Waals surface area contributed by atoms with Crippen LogP contribution in [0.4, 0.5) is 5.69 Å². The van der Waals surface area contributed by atoms with Crippen LogP contribution in [0.2, 0.25) is 0 Å². The minimum atomic E-state index is 0.271. The van der Waals surface area contributed by atoms with Gasteiger partial charge < -0.3 is 5.32 Å². The Morgan fingerprint density at radius 3 is 2.80 bits per heavy atom. The molecule has 4 nitrogen and oxygen atoms in total. The summed E-state index contributed by atoms with van der Waals surface area (Å²) in [5.41, 5.74) is 5.02. The zero-order valence-corrected chi connectivity index (χ0v) is 9.85. The predicted molar refractivity (Wildman–Crippen MR) is 62.2 cm³/mol. The fraction of sp³-hybridized carbons (Fsp3) is 0.400. The Morgan fingerprint density at radius 1 is 1.47 bits per heavy atom. The highest BCUT2D eigenvalue weighted by Gasteiger charge is 2.11. The van der Waals surface area contributed by atoms with Crippen molar-refractivity contribution < 1.29 is 0 Å². The number of thiazole rings is 1. The second kappa shape index (κ2) is 4.02. The Kier molecular flexibility index (Phi) is 2.73. The SMILES string of the molecule is Cc1n[nH]c(C)c1NC(C)c1cncs1. The van der Waals surface area contributed by atoms with E-state index < -0.39 is 0 Å². The molecule has 0 saturated heterocycles. The van der Waals surface area contributed by atoms with Gasteiger partial charge in [0.25, 0.3) is 0 Å². The first-order chi connectivity index (χ1) is 7.18. The van der Waals surface area contributed by atoms with Crippen molar-refractivity contribution >= 4 is 17.0 Å². The monoisotopic (exact) mass is 222 g/mol. The molecule has 0 aromatic carbocycles. The predicted octanol–water partition coefficient (Wildman–Crippen LogP) is 2.66. The van der Waals surface area contributed by atoms with Gasteiger partial charge in [-0.3, -0.25) is 10.1 Å². The van der Waals surface area contributed by atoms with Gasteiger partial charge in [-0.2, -0.15) is 5.10 Å². The second-order valence-electron chi connectivity index (χ2n) is 3.58. The lowest BCUT2D eigenvalue weighted by Gasteiger charge is -2.13. The molecule has 2 aromatic rings. The van der Waals surface area contributed by atoms with Gasteiger partial charge in [0.2, 0.25) is 0 Å². The van der Waals surface area contributed by atoms with Gasteiger partial charge >= 0.3 is 0 Å². The third-order valence-corrected chi connectivity index (χ3v) is 3.33. The number of anilines is 1. The van der Waals surface area contributed by atoms with Crippen LogP contribution in [0.1, 0.15) is 29.2 Å². The first-order valence-electron chi connectivity index (χ1n) is 4.85. The number of H-pyrrole nitrogens is 1. The van der Waals surface area contributed by atoms with Gasteiger partial charge in [0.05, 0.1) is 28.6 Å². The maximum absolute atomic E-state index is 4.15. The molecule has 0 aliphatic carbocycles. The van der Waals surface area contributed by atoms with Gasteiger partial charge in [-0.15, -0.1) is 11.3 Å². The average molecular weight is 222 g/mol. The highest BCUT2D eigenvalue weighted by molar-refractivity contribution is 7.09. The third-order valence-electron chi connectivity index (χ3n) is 2.37. The molecule has 0 aliphatic rings. The van der Waals surface area contributed by atoms with Crippen LogP contribution >= 0.6 is 11.3 Å². The van der Waals surface area contributed by atoms with Crippen molar-refractivity contribution in [2.45, 2.75) is 26.8 Å². The van der Waals surface area contributed by atoms with Crippen LogP contribution in [-0.4, -0.2) is 15.2 Å². The summed E-state index contributed by atoms with van der Waals surface area (Å²) < 4.78 is 0. The van der Waals surface area contributed by atoms with Gasteiger partial charge in [-0.1, -0.05) is 0 Å². The van der Waals surface area contributed by atoms with Crippen molar-refractivity contribution in [1.29, 1.82) is 0 Å². The molecule has 2 rings (SSSR count). The Balaban J connectivity index is 2.16. The summed E-state index contributed by atoms with van der Waals surface area (Å²) in [7, 11) is 0.